The summed E-state index contributed by atoms with van der Waals surface area (Å²) < 4.78 is 12.0. The zero-order chi connectivity index (χ0) is 38.9. The Bertz CT molecular complexity index is 1690. The van der Waals surface area contributed by atoms with E-state index in [1.54, 1.807) is 13.8 Å². The van der Waals surface area contributed by atoms with Gasteiger partial charge in [0.2, 0.25) is 6.08 Å². The fourth-order valence-corrected chi connectivity index (χ4v) is 4.88. The molecule has 1 aromatic heterocycles. The van der Waals surface area contributed by atoms with Crippen molar-refractivity contribution in [1.82, 2.24) is 8.52 Å². The molecule has 0 bridgehead atoms. The van der Waals surface area contributed by atoms with Crippen molar-refractivity contribution in [3.63, 3.8) is 0 Å². The molecular formula is C34H40N4O11S2. The molecule has 51 heavy (non-hydrogen) atoms. The Morgan fingerprint density at radius 1 is 0.824 bits per heavy atom. The molecule has 0 N–H and O–H groups in total. The smallest absolute Gasteiger partial charge is 0.373 e. The fraction of sp³-hybridized carbons (Fsp3) is 0.412. The van der Waals surface area contributed by atoms with Gasteiger partial charge in [0.25, 0.3) is 0 Å². The number of nitrogens with zero attached hydrogens (tertiary/aromatic N) is 4. The summed E-state index contributed by atoms with van der Waals surface area (Å²) in [5.41, 5.74) is 1.58. The van der Waals surface area contributed by atoms with Gasteiger partial charge in [0.15, 0.2) is 6.04 Å². The molecule has 274 valence electrons. The van der Waals surface area contributed by atoms with Crippen molar-refractivity contribution in [2.75, 3.05) is 19.8 Å². The van der Waals surface area contributed by atoms with Crippen LogP contribution in [0.3, 0.4) is 0 Å². The summed E-state index contributed by atoms with van der Waals surface area (Å²) in [4.78, 5) is 96.8. The summed E-state index contributed by atoms with van der Waals surface area (Å²) in [6, 6.07) is 18.3. The number of thiocarbonyl (C=S) groups is 1. The number of hydrogen-bond acceptors (Lipinski definition) is 15. The summed E-state index contributed by atoms with van der Waals surface area (Å²) >= 11 is 5.16. The van der Waals surface area contributed by atoms with Crippen LogP contribution in [0.15, 0.2) is 80.2 Å². The monoisotopic (exact) mass is 744 g/mol. The molecule has 3 aromatic rings. The van der Waals surface area contributed by atoms with E-state index >= 15 is 0 Å². The van der Waals surface area contributed by atoms with Crippen LogP contribution < -0.4 is 10.6 Å². The Hall–Kier alpha value is -5.52. The second-order valence-corrected chi connectivity index (χ2v) is 10.5. The van der Waals surface area contributed by atoms with Gasteiger partial charge in [0.1, 0.15) is 6.54 Å². The molecule has 0 saturated carbocycles. The van der Waals surface area contributed by atoms with Crippen molar-refractivity contribution in [1.29, 1.82) is 0 Å². The number of isothiocyanates is 1. The molecule has 0 saturated heterocycles. The van der Waals surface area contributed by atoms with E-state index in [2.05, 4.69) is 34.3 Å². The van der Waals surface area contributed by atoms with Gasteiger partial charge in [-0.25, -0.2) is 27.9 Å². The Morgan fingerprint density at radius 2 is 1.33 bits per heavy atom. The number of isocyanates is 1. The van der Waals surface area contributed by atoms with Crippen LogP contribution >= 0.6 is 23.8 Å². The number of carbonyl (C=O) groups excluding carboxylic acids is 7. The molecule has 0 aliphatic carbocycles. The molecule has 0 unspecified atom stereocenters. The summed E-state index contributed by atoms with van der Waals surface area (Å²) in [6.07, 6.45) is 4.70. The average Bonchev–Trinajstić information content (AvgIpc) is 3.40. The first-order chi connectivity index (χ1) is 24.6. The zero-order valence-corrected chi connectivity index (χ0v) is 30.3. The summed E-state index contributed by atoms with van der Waals surface area (Å²) in [7, 11) is 0. The molecule has 0 aliphatic heterocycles. The first kappa shape index (κ1) is 47.6. The number of hydrogen-bond donors (Lipinski definition) is 0. The van der Waals surface area contributed by atoms with Gasteiger partial charge in [-0.05, 0) is 56.5 Å². The molecule has 2 atom stereocenters. The molecule has 0 amide bonds. The van der Waals surface area contributed by atoms with Gasteiger partial charge >= 0.3 is 34.8 Å². The number of carbonyl (C=O) groups is 2. The van der Waals surface area contributed by atoms with E-state index in [1.165, 1.54) is 10.0 Å². The number of aromatic nitrogens is 2. The van der Waals surface area contributed by atoms with Gasteiger partial charge in [-0.2, -0.15) is 24.2 Å². The standard InChI is InChI=1S/C16H20N2O4S.C12H13NO3.C4H7NS.2CO2/c1-3-13(10-12-8-6-5-7-9-12)18-15(20)17(16(21)23-18)11-14(19)22-4-2;1-2-16-12(15)11(13-9-14)8-10-6-4-3-5-7-10;1-2-3-5-4-6;2*2-1-3/h5-9,13H,3-4,10-11H2,1-2H3;3-7,11H,2,8H2,1H3;2-3H2,1H3;;/t13-;11-;;;/m10.../s1. The van der Waals surface area contributed by atoms with Gasteiger partial charge in [0, 0.05) is 24.5 Å². The van der Waals surface area contributed by atoms with E-state index < -0.39 is 28.5 Å². The Balaban J connectivity index is 0. The quantitative estimate of drug-likeness (QED) is 0.100. The van der Waals surface area contributed by atoms with E-state index in [0.29, 0.717) is 19.3 Å². The minimum atomic E-state index is -0.792. The lowest BCUT2D eigenvalue weighted by molar-refractivity contribution is -0.193. The molecule has 0 fully saturated rings. The first-order valence-corrected chi connectivity index (χ1v) is 16.6. The van der Waals surface area contributed by atoms with E-state index in [1.807, 2.05) is 67.6 Å². The highest BCUT2D eigenvalue weighted by molar-refractivity contribution is 7.78. The predicted octanol–water partition coefficient (Wildman–Crippen LogP) is 3.66. The van der Waals surface area contributed by atoms with Gasteiger partial charge in [-0.3, -0.25) is 9.59 Å². The summed E-state index contributed by atoms with van der Waals surface area (Å²) in [5.74, 6) is -1.07. The third-order valence-corrected chi connectivity index (χ3v) is 7.12. The number of rotatable bonds is 14. The highest BCUT2D eigenvalue weighted by Crippen LogP contribution is 2.17. The number of aliphatic imine (C=N–C) groups is 2. The molecule has 3 rings (SSSR count). The number of esters is 2. The molecular weight excluding hydrogens is 705 g/mol. The van der Waals surface area contributed by atoms with Crippen LogP contribution in [0.1, 0.15) is 57.7 Å². The van der Waals surface area contributed by atoms with Gasteiger partial charge < -0.3 is 9.47 Å². The third-order valence-electron chi connectivity index (χ3n) is 5.96. The lowest BCUT2D eigenvalue weighted by Crippen LogP contribution is -2.33. The highest BCUT2D eigenvalue weighted by atomic mass is 32.1. The number of ether oxygens (including phenoxy) is 2. The Kier molecular flexibility index (Phi) is 29.6. The van der Waals surface area contributed by atoms with E-state index in [0.717, 1.165) is 40.2 Å². The largest absolute Gasteiger partial charge is 0.465 e. The van der Waals surface area contributed by atoms with Crippen molar-refractivity contribution in [2.24, 2.45) is 9.98 Å². The van der Waals surface area contributed by atoms with Crippen LogP contribution in [-0.2, 0) is 62.4 Å². The molecule has 17 heteroatoms. The van der Waals surface area contributed by atoms with E-state index in [4.69, 9.17) is 28.7 Å². The van der Waals surface area contributed by atoms with Crippen molar-refractivity contribution in [3.05, 3.63) is 91.9 Å². The van der Waals surface area contributed by atoms with Crippen molar-refractivity contribution in [3.8, 4) is 0 Å². The lowest BCUT2D eigenvalue weighted by atomic mass is 10.0. The molecule has 0 aliphatic rings. The average molecular weight is 745 g/mol. The van der Waals surface area contributed by atoms with Crippen LogP contribution in [0.2, 0.25) is 0 Å². The molecule has 1 heterocycles. The van der Waals surface area contributed by atoms with Crippen LogP contribution in [0.5, 0.6) is 0 Å². The van der Waals surface area contributed by atoms with Crippen molar-refractivity contribution >= 4 is 59.2 Å². The minimum Gasteiger partial charge on any atom is -0.465 e. The van der Waals surface area contributed by atoms with Crippen molar-refractivity contribution < 1.29 is 43.0 Å². The lowest BCUT2D eigenvalue weighted by Gasteiger charge is -2.14. The first-order valence-electron chi connectivity index (χ1n) is 15.4. The Labute approximate surface area is 303 Å². The second kappa shape index (κ2) is 31.7. The SMILES string of the molecule is CCCN=C=S.CCOC(=O)Cn1c(=O)sn([C@H](CC)Cc2ccccc2)c1=O.CCOC(=O)[C@H](Cc1ccccc1)N=C=O.O=C=O.O=C=O. The number of benzene rings is 2. The van der Waals surface area contributed by atoms with Crippen LogP contribution in [0, 0.1) is 0 Å². The van der Waals surface area contributed by atoms with Gasteiger partial charge in [0.05, 0.1) is 24.4 Å². The second-order valence-electron chi connectivity index (χ2n) is 9.43. The predicted molar refractivity (Wildman–Crippen MR) is 188 cm³/mol. The fourth-order valence-electron chi connectivity index (χ4n) is 3.83. The van der Waals surface area contributed by atoms with Crippen LogP contribution in [0.25, 0.3) is 0 Å². The minimum absolute atomic E-state index is 0.106. The highest BCUT2D eigenvalue weighted by Gasteiger charge is 2.20. The topological polar surface area (TPSA) is 207 Å². The Morgan fingerprint density at radius 3 is 1.75 bits per heavy atom. The maximum atomic E-state index is 12.4. The van der Waals surface area contributed by atoms with Gasteiger partial charge in [-0.1, -0.05) is 74.5 Å². The van der Waals surface area contributed by atoms with E-state index in [9.17, 15) is 24.0 Å². The normalized spacial score (nSPS) is 10.1. The molecule has 2 aromatic carbocycles. The maximum absolute atomic E-state index is 12.4. The molecule has 0 radical (unpaired) electrons. The summed E-state index contributed by atoms with van der Waals surface area (Å²) in [6.45, 7) is 8.40. The summed E-state index contributed by atoms with van der Waals surface area (Å²) in [5, 5.41) is 2.28. The van der Waals surface area contributed by atoms with Gasteiger partial charge in [-0.15, -0.1) is 0 Å². The molecule has 15 nitrogen and oxygen atoms in total. The molecule has 0 spiro atoms. The van der Waals surface area contributed by atoms with Crippen LogP contribution in [-0.4, -0.2) is 69.8 Å². The van der Waals surface area contributed by atoms with Crippen molar-refractivity contribution in [2.45, 2.75) is 72.0 Å². The third kappa shape index (κ3) is 21.9. The zero-order valence-electron chi connectivity index (χ0n) is 28.7. The van der Waals surface area contributed by atoms with Crippen LogP contribution in [0.4, 0.5) is 0 Å². The van der Waals surface area contributed by atoms with E-state index in [-0.39, 0.29) is 38.1 Å². The maximum Gasteiger partial charge on any atom is 0.373 e.